The first kappa shape index (κ1) is 16.1. The number of hydrogen-bond acceptors (Lipinski definition) is 1. The van der Waals surface area contributed by atoms with E-state index < -0.39 is 0 Å². The summed E-state index contributed by atoms with van der Waals surface area (Å²) in [5, 5.41) is 4.42. The standard InChI is InChI=1S/C19H24ClN/c1-19(2,3)21-14-17(12-15-8-5-4-6-9-15)16-10-7-11-18(20)13-16/h4-11,13,17,21H,12,14H2,1-3H3. The minimum Gasteiger partial charge on any atom is -0.311 e. The van der Waals surface area contributed by atoms with Crippen LogP contribution in [0.5, 0.6) is 0 Å². The van der Waals surface area contributed by atoms with E-state index in [1.807, 2.05) is 12.1 Å². The van der Waals surface area contributed by atoms with Gasteiger partial charge in [-0.3, -0.25) is 0 Å². The van der Waals surface area contributed by atoms with Gasteiger partial charge in [0.1, 0.15) is 0 Å². The molecule has 1 nitrogen and oxygen atoms in total. The highest BCUT2D eigenvalue weighted by Gasteiger charge is 2.16. The number of halogens is 1. The first-order valence-electron chi connectivity index (χ1n) is 7.48. The average molecular weight is 302 g/mol. The molecule has 21 heavy (non-hydrogen) atoms. The van der Waals surface area contributed by atoms with Crippen molar-refractivity contribution >= 4 is 11.6 Å². The lowest BCUT2D eigenvalue weighted by Crippen LogP contribution is -2.39. The van der Waals surface area contributed by atoms with Gasteiger partial charge in [0.25, 0.3) is 0 Å². The van der Waals surface area contributed by atoms with Crippen LogP contribution in [-0.4, -0.2) is 12.1 Å². The van der Waals surface area contributed by atoms with Gasteiger partial charge < -0.3 is 5.32 Å². The first-order chi connectivity index (χ1) is 9.94. The normalized spacial score (nSPS) is 13.1. The van der Waals surface area contributed by atoms with Gasteiger partial charge in [0.15, 0.2) is 0 Å². The molecule has 0 radical (unpaired) electrons. The summed E-state index contributed by atoms with van der Waals surface area (Å²) in [5.41, 5.74) is 2.77. The maximum absolute atomic E-state index is 6.16. The van der Waals surface area contributed by atoms with E-state index in [-0.39, 0.29) is 5.54 Å². The zero-order valence-corrected chi connectivity index (χ0v) is 13.8. The van der Waals surface area contributed by atoms with E-state index in [1.165, 1.54) is 11.1 Å². The Morgan fingerprint density at radius 3 is 2.33 bits per heavy atom. The van der Waals surface area contributed by atoms with Crippen LogP contribution in [0, 0.1) is 0 Å². The molecule has 2 heteroatoms. The van der Waals surface area contributed by atoms with Crippen LogP contribution in [0.15, 0.2) is 54.6 Å². The van der Waals surface area contributed by atoms with Crippen LogP contribution in [0.4, 0.5) is 0 Å². The predicted octanol–water partition coefficient (Wildman–Crippen LogP) is 5.05. The summed E-state index contributed by atoms with van der Waals surface area (Å²) in [4.78, 5) is 0. The molecule has 0 aliphatic heterocycles. The molecular formula is C19H24ClN. The Balaban J connectivity index is 2.17. The fourth-order valence-electron chi connectivity index (χ4n) is 2.40. The highest BCUT2D eigenvalue weighted by atomic mass is 35.5. The minimum absolute atomic E-state index is 0.119. The molecule has 0 saturated heterocycles. The molecule has 1 N–H and O–H groups in total. The molecule has 0 fully saturated rings. The summed E-state index contributed by atoms with van der Waals surface area (Å²) < 4.78 is 0. The lowest BCUT2D eigenvalue weighted by molar-refractivity contribution is 0.405. The molecule has 2 aromatic rings. The first-order valence-corrected chi connectivity index (χ1v) is 7.86. The van der Waals surface area contributed by atoms with Gasteiger partial charge in [-0.2, -0.15) is 0 Å². The molecule has 112 valence electrons. The summed E-state index contributed by atoms with van der Waals surface area (Å²) in [5.74, 6) is 0.422. The SMILES string of the molecule is CC(C)(C)NCC(Cc1ccccc1)c1cccc(Cl)c1. The second kappa shape index (κ2) is 7.11. The second-order valence-electron chi connectivity index (χ2n) is 6.57. The Kier molecular flexibility index (Phi) is 5.44. The maximum atomic E-state index is 6.16. The summed E-state index contributed by atoms with van der Waals surface area (Å²) in [7, 11) is 0. The summed E-state index contributed by atoms with van der Waals surface area (Å²) in [6, 6.07) is 18.9. The van der Waals surface area contributed by atoms with Gasteiger partial charge in [-0.1, -0.05) is 54.1 Å². The summed E-state index contributed by atoms with van der Waals surface area (Å²) >= 11 is 6.16. The number of benzene rings is 2. The lowest BCUT2D eigenvalue weighted by Gasteiger charge is -2.26. The molecule has 0 spiro atoms. The van der Waals surface area contributed by atoms with Crippen molar-refractivity contribution in [1.82, 2.24) is 5.32 Å². The van der Waals surface area contributed by atoms with Crippen molar-refractivity contribution in [2.75, 3.05) is 6.54 Å². The summed E-state index contributed by atoms with van der Waals surface area (Å²) in [6.45, 7) is 7.54. The van der Waals surface area contributed by atoms with Crippen molar-refractivity contribution in [2.24, 2.45) is 0 Å². The van der Waals surface area contributed by atoms with E-state index in [1.54, 1.807) is 0 Å². The molecular weight excluding hydrogens is 278 g/mol. The van der Waals surface area contributed by atoms with Crippen molar-refractivity contribution in [2.45, 2.75) is 38.6 Å². The summed E-state index contributed by atoms with van der Waals surface area (Å²) in [6.07, 6.45) is 1.02. The highest BCUT2D eigenvalue weighted by molar-refractivity contribution is 6.30. The van der Waals surface area contributed by atoms with Crippen LogP contribution < -0.4 is 5.32 Å². The molecule has 1 unspecified atom stereocenters. The molecule has 2 aromatic carbocycles. The smallest absolute Gasteiger partial charge is 0.0408 e. The topological polar surface area (TPSA) is 12.0 Å². The molecule has 1 atom stereocenters. The molecule has 0 bridgehead atoms. The van der Waals surface area contributed by atoms with E-state index in [2.05, 4.69) is 68.6 Å². The number of rotatable bonds is 5. The Labute approximate surface area is 133 Å². The van der Waals surface area contributed by atoms with E-state index in [0.717, 1.165) is 18.0 Å². The molecule has 0 aliphatic carbocycles. The van der Waals surface area contributed by atoms with Crippen LogP contribution in [0.3, 0.4) is 0 Å². The van der Waals surface area contributed by atoms with Crippen LogP contribution in [-0.2, 0) is 6.42 Å². The monoisotopic (exact) mass is 301 g/mol. The van der Waals surface area contributed by atoms with E-state index >= 15 is 0 Å². The lowest BCUT2D eigenvalue weighted by atomic mass is 9.91. The Morgan fingerprint density at radius 1 is 1.00 bits per heavy atom. The second-order valence-corrected chi connectivity index (χ2v) is 7.01. The van der Waals surface area contributed by atoms with Crippen molar-refractivity contribution in [3.05, 3.63) is 70.7 Å². The van der Waals surface area contributed by atoms with Gasteiger partial charge in [-0.25, -0.2) is 0 Å². The fourth-order valence-corrected chi connectivity index (χ4v) is 2.60. The molecule has 2 rings (SSSR count). The van der Waals surface area contributed by atoms with Gasteiger partial charge in [-0.15, -0.1) is 0 Å². The molecule has 0 heterocycles. The van der Waals surface area contributed by atoms with Crippen LogP contribution in [0.1, 0.15) is 37.8 Å². The quantitative estimate of drug-likeness (QED) is 0.814. The minimum atomic E-state index is 0.119. The van der Waals surface area contributed by atoms with Crippen molar-refractivity contribution < 1.29 is 0 Å². The zero-order chi connectivity index (χ0) is 15.3. The van der Waals surface area contributed by atoms with Gasteiger partial charge in [0.2, 0.25) is 0 Å². The van der Waals surface area contributed by atoms with Crippen LogP contribution in [0.25, 0.3) is 0 Å². The highest BCUT2D eigenvalue weighted by Crippen LogP contribution is 2.24. The largest absolute Gasteiger partial charge is 0.311 e. The third-order valence-electron chi connectivity index (χ3n) is 3.52. The Bertz CT molecular complexity index is 557. The van der Waals surface area contributed by atoms with Gasteiger partial charge >= 0.3 is 0 Å². The third kappa shape index (κ3) is 5.53. The van der Waals surface area contributed by atoms with E-state index in [0.29, 0.717) is 5.92 Å². The van der Waals surface area contributed by atoms with E-state index in [4.69, 9.17) is 11.6 Å². The Hall–Kier alpha value is -1.31. The molecule has 0 amide bonds. The third-order valence-corrected chi connectivity index (χ3v) is 3.76. The van der Waals surface area contributed by atoms with Crippen LogP contribution in [0.2, 0.25) is 5.02 Å². The maximum Gasteiger partial charge on any atom is 0.0408 e. The van der Waals surface area contributed by atoms with Gasteiger partial charge in [0, 0.05) is 23.0 Å². The van der Waals surface area contributed by atoms with Crippen molar-refractivity contribution in [3.63, 3.8) is 0 Å². The van der Waals surface area contributed by atoms with Crippen molar-refractivity contribution in [3.8, 4) is 0 Å². The zero-order valence-electron chi connectivity index (χ0n) is 13.1. The van der Waals surface area contributed by atoms with Crippen molar-refractivity contribution in [1.29, 1.82) is 0 Å². The van der Waals surface area contributed by atoms with Gasteiger partial charge in [0.05, 0.1) is 0 Å². The fraction of sp³-hybridized carbons (Fsp3) is 0.368. The predicted molar refractivity (Wildman–Crippen MR) is 92.1 cm³/mol. The van der Waals surface area contributed by atoms with Gasteiger partial charge in [-0.05, 0) is 50.5 Å². The molecule has 0 aliphatic rings. The van der Waals surface area contributed by atoms with E-state index in [9.17, 15) is 0 Å². The van der Waals surface area contributed by atoms with Crippen LogP contribution >= 0.6 is 11.6 Å². The number of nitrogens with one attached hydrogen (secondary N) is 1. The average Bonchev–Trinajstić information content (AvgIpc) is 2.43. The molecule has 0 aromatic heterocycles. The molecule has 0 saturated carbocycles. The Morgan fingerprint density at radius 2 is 1.71 bits per heavy atom. The number of hydrogen-bond donors (Lipinski definition) is 1.